The van der Waals surface area contributed by atoms with Crippen LogP contribution in [0.3, 0.4) is 0 Å². The van der Waals surface area contributed by atoms with Crippen LogP contribution < -0.4 is 20.3 Å². The molecular formula is C23H21N5O4S. The van der Waals surface area contributed by atoms with E-state index in [1.54, 1.807) is 24.3 Å². The molecule has 0 saturated carbocycles. The van der Waals surface area contributed by atoms with Crippen molar-refractivity contribution in [1.29, 1.82) is 0 Å². The van der Waals surface area contributed by atoms with Crippen molar-refractivity contribution in [3.63, 3.8) is 0 Å². The van der Waals surface area contributed by atoms with Crippen LogP contribution >= 0.6 is 11.3 Å². The van der Waals surface area contributed by atoms with E-state index in [-0.39, 0.29) is 11.5 Å². The maximum absolute atomic E-state index is 13.2. The van der Waals surface area contributed by atoms with Crippen LogP contribution in [0, 0.1) is 0 Å². The van der Waals surface area contributed by atoms with Crippen LogP contribution in [0.15, 0.2) is 46.6 Å². The van der Waals surface area contributed by atoms with Gasteiger partial charge < -0.3 is 14.8 Å². The Morgan fingerprint density at radius 1 is 1.18 bits per heavy atom. The third-order valence-electron chi connectivity index (χ3n) is 5.50. The van der Waals surface area contributed by atoms with Crippen LogP contribution in [0.2, 0.25) is 0 Å². The average Bonchev–Trinajstić information content (AvgIpc) is 3.58. The number of methoxy groups -OCH3 is 2. The lowest BCUT2D eigenvalue weighted by atomic mass is 10.1. The number of para-hydroxylation sites is 1. The van der Waals surface area contributed by atoms with E-state index in [4.69, 9.17) is 9.47 Å². The van der Waals surface area contributed by atoms with Crippen LogP contribution in [0.4, 0.5) is 5.82 Å². The van der Waals surface area contributed by atoms with Crippen LogP contribution in [0.25, 0.3) is 16.5 Å². The summed E-state index contributed by atoms with van der Waals surface area (Å²) in [5.74, 6) is 0.993. The topological polar surface area (TPSA) is 111 Å². The number of rotatable bonds is 6. The maximum atomic E-state index is 13.2. The molecule has 1 amide bonds. The van der Waals surface area contributed by atoms with Crippen molar-refractivity contribution in [1.82, 2.24) is 19.7 Å². The number of aromatic amines is 1. The number of carbonyl (C=O) groups excluding carboxylic acids is 1. The van der Waals surface area contributed by atoms with Gasteiger partial charge in [0, 0.05) is 11.6 Å². The molecule has 0 unspecified atom stereocenters. The molecule has 3 heterocycles. The van der Waals surface area contributed by atoms with Crippen LogP contribution in [0.1, 0.15) is 28.0 Å². The highest BCUT2D eigenvalue weighted by molar-refractivity contribution is 7.13. The Morgan fingerprint density at radius 3 is 2.82 bits per heavy atom. The third-order valence-corrected chi connectivity index (χ3v) is 6.39. The number of fused-ring (bicyclic) bond motifs is 1. The summed E-state index contributed by atoms with van der Waals surface area (Å²) in [5, 5.41) is 9.47. The summed E-state index contributed by atoms with van der Waals surface area (Å²) in [6.45, 7) is 0. The molecule has 0 spiro atoms. The molecule has 33 heavy (non-hydrogen) atoms. The molecule has 0 radical (unpaired) electrons. The molecule has 4 aromatic rings. The predicted molar refractivity (Wildman–Crippen MR) is 125 cm³/mol. The summed E-state index contributed by atoms with van der Waals surface area (Å²) in [5.41, 5.74) is 2.27. The van der Waals surface area contributed by atoms with E-state index in [0.717, 1.165) is 35.4 Å². The largest absolute Gasteiger partial charge is 0.493 e. The van der Waals surface area contributed by atoms with E-state index in [2.05, 4.69) is 20.4 Å². The molecule has 10 heteroatoms. The number of thiophene rings is 1. The first-order valence-corrected chi connectivity index (χ1v) is 11.3. The Bertz CT molecular complexity index is 1390. The number of amides is 1. The molecule has 1 aromatic carbocycles. The Kier molecular flexibility index (Phi) is 5.43. The quantitative estimate of drug-likeness (QED) is 0.453. The van der Waals surface area contributed by atoms with Crippen molar-refractivity contribution in [2.24, 2.45) is 0 Å². The summed E-state index contributed by atoms with van der Waals surface area (Å²) in [4.78, 5) is 34.2. The Morgan fingerprint density at radius 2 is 2.06 bits per heavy atom. The minimum atomic E-state index is -0.409. The second-order valence-corrected chi connectivity index (χ2v) is 8.42. The second kappa shape index (κ2) is 8.55. The highest BCUT2D eigenvalue weighted by Crippen LogP contribution is 2.32. The molecule has 0 aliphatic heterocycles. The van der Waals surface area contributed by atoms with Gasteiger partial charge >= 0.3 is 0 Å². The smallest absolute Gasteiger partial charge is 0.260 e. The average molecular weight is 464 g/mol. The molecule has 1 aliphatic rings. The molecule has 168 valence electrons. The summed E-state index contributed by atoms with van der Waals surface area (Å²) in [6, 6.07) is 10.7. The summed E-state index contributed by atoms with van der Waals surface area (Å²) in [6.07, 6.45) is 2.36. The maximum Gasteiger partial charge on any atom is 0.260 e. The van der Waals surface area contributed by atoms with Gasteiger partial charge in [0.2, 0.25) is 5.95 Å². The fourth-order valence-electron chi connectivity index (χ4n) is 3.95. The zero-order valence-corrected chi connectivity index (χ0v) is 18.9. The number of aryl methyl sites for hydroxylation is 1. The molecule has 3 aromatic heterocycles. The van der Waals surface area contributed by atoms with Crippen molar-refractivity contribution in [2.75, 3.05) is 19.5 Å². The second-order valence-electron chi connectivity index (χ2n) is 7.47. The number of anilines is 1. The monoisotopic (exact) mass is 463 g/mol. The molecule has 9 nitrogen and oxygen atoms in total. The number of H-pyrrole nitrogens is 1. The number of aromatic nitrogens is 4. The molecule has 2 N–H and O–H groups in total. The minimum Gasteiger partial charge on any atom is -0.493 e. The van der Waals surface area contributed by atoms with E-state index in [1.807, 2.05) is 17.5 Å². The summed E-state index contributed by atoms with van der Waals surface area (Å²) in [7, 11) is 2.99. The zero-order valence-electron chi connectivity index (χ0n) is 18.0. The first kappa shape index (κ1) is 21.0. The van der Waals surface area contributed by atoms with E-state index in [9.17, 15) is 9.59 Å². The molecule has 1 aliphatic carbocycles. The van der Waals surface area contributed by atoms with Gasteiger partial charge in [0.15, 0.2) is 11.5 Å². The normalized spacial score (nSPS) is 12.4. The highest BCUT2D eigenvalue weighted by Gasteiger charge is 2.23. The Hall–Kier alpha value is -3.92. The number of nitrogens with one attached hydrogen (secondary N) is 2. The minimum absolute atomic E-state index is 0.174. The Balaban J connectivity index is 1.59. The van der Waals surface area contributed by atoms with Gasteiger partial charge in [-0.1, -0.05) is 12.1 Å². The molecule has 0 bridgehead atoms. The van der Waals surface area contributed by atoms with Gasteiger partial charge in [-0.15, -0.1) is 11.3 Å². The van der Waals surface area contributed by atoms with Crippen molar-refractivity contribution < 1.29 is 14.3 Å². The van der Waals surface area contributed by atoms with Gasteiger partial charge in [0.05, 0.1) is 30.4 Å². The SMILES string of the molecule is COc1cccc(C(=O)Nc2cc(-c3cccs3)nn2-c2nc3c(c(=O)[nH]2)CCC3)c1OC. The van der Waals surface area contributed by atoms with Crippen LogP contribution in [-0.2, 0) is 12.8 Å². The van der Waals surface area contributed by atoms with Crippen molar-refractivity contribution in [3.8, 4) is 28.0 Å². The number of benzene rings is 1. The summed E-state index contributed by atoms with van der Waals surface area (Å²) < 4.78 is 12.2. The van der Waals surface area contributed by atoms with E-state index in [1.165, 1.54) is 30.2 Å². The van der Waals surface area contributed by atoms with Gasteiger partial charge in [-0.25, -0.2) is 4.98 Å². The lowest BCUT2D eigenvalue weighted by Crippen LogP contribution is -2.21. The van der Waals surface area contributed by atoms with Crippen LogP contribution in [0.5, 0.6) is 11.5 Å². The van der Waals surface area contributed by atoms with Gasteiger partial charge in [-0.05, 0) is 42.8 Å². The van der Waals surface area contributed by atoms with Crippen molar-refractivity contribution in [2.45, 2.75) is 19.3 Å². The number of ether oxygens (including phenoxy) is 2. The van der Waals surface area contributed by atoms with Gasteiger partial charge in [-0.2, -0.15) is 9.78 Å². The summed E-state index contributed by atoms with van der Waals surface area (Å²) >= 11 is 1.53. The molecule has 0 atom stereocenters. The molecule has 0 saturated heterocycles. The molecule has 0 fully saturated rings. The zero-order chi connectivity index (χ0) is 22.9. The van der Waals surface area contributed by atoms with E-state index >= 15 is 0 Å². The van der Waals surface area contributed by atoms with Crippen molar-refractivity contribution in [3.05, 3.63) is 69.0 Å². The van der Waals surface area contributed by atoms with E-state index in [0.29, 0.717) is 28.6 Å². The fourth-order valence-corrected chi connectivity index (χ4v) is 4.64. The predicted octanol–water partition coefficient (Wildman–Crippen LogP) is 3.44. The molecular weight excluding hydrogens is 442 g/mol. The number of carbonyl (C=O) groups is 1. The van der Waals surface area contributed by atoms with Gasteiger partial charge in [0.25, 0.3) is 11.5 Å². The van der Waals surface area contributed by atoms with E-state index < -0.39 is 5.91 Å². The number of hydrogen-bond acceptors (Lipinski definition) is 7. The van der Waals surface area contributed by atoms with Crippen LogP contribution in [-0.4, -0.2) is 39.9 Å². The first-order valence-electron chi connectivity index (χ1n) is 10.4. The molecule has 5 rings (SSSR count). The highest BCUT2D eigenvalue weighted by atomic mass is 32.1. The lowest BCUT2D eigenvalue weighted by Gasteiger charge is -2.13. The van der Waals surface area contributed by atoms with Gasteiger partial charge in [-0.3, -0.25) is 14.6 Å². The number of nitrogens with zero attached hydrogens (tertiary/aromatic N) is 3. The standard InChI is InChI=1S/C23H21N5O4S/c1-31-17-9-4-7-14(20(17)32-2)22(30)25-19-12-16(18-10-5-11-33-18)27-28(19)23-24-15-8-3-6-13(15)21(29)26-23/h4-5,7,9-12H,3,6,8H2,1-2H3,(H,25,30)(H,24,26,29). The van der Waals surface area contributed by atoms with Gasteiger partial charge in [0.1, 0.15) is 11.5 Å². The lowest BCUT2D eigenvalue weighted by molar-refractivity contribution is 0.102. The number of hydrogen-bond donors (Lipinski definition) is 2. The fraction of sp³-hybridized carbons (Fsp3) is 0.217. The Labute approximate surface area is 193 Å². The van der Waals surface area contributed by atoms with Crippen molar-refractivity contribution >= 4 is 23.1 Å². The first-order chi connectivity index (χ1) is 16.1. The third kappa shape index (κ3) is 3.78.